The second kappa shape index (κ2) is 4.93. The van der Waals surface area contributed by atoms with Crippen molar-refractivity contribution < 1.29 is 22.3 Å². The Labute approximate surface area is 94.1 Å². The lowest BCUT2D eigenvalue weighted by Gasteiger charge is -2.38. The quantitative estimate of drug-likeness (QED) is 0.791. The van der Waals surface area contributed by atoms with Crippen molar-refractivity contribution in [3.8, 4) is 0 Å². The third-order valence-corrected chi connectivity index (χ3v) is 4.17. The summed E-state index contributed by atoms with van der Waals surface area (Å²) < 4.78 is 48.6. The number of sulfonamides is 1. The van der Waals surface area contributed by atoms with E-state index in [-0.39, 0.29) is 5.92 Å². The number of aliphatic hydroxyl groups is 1. The molecule has 1 aliphatic carbocycles. The summed E-state index contributed by atoms with van der Waals surface area (Å²) in [5.41, 5.74) is -1.10. The zero-order valence-electron chi connectivity index (χ0n) is 9.12. The minimum absolute atomic E-state index is 0.223. The lowest BCUT2D eigenvalue weighted by atomic mass is 9.78. The predicted molar refractivity (Wildman–Crippen MR) is 55.5 cm³/mol. The van der Waals surface area contributed by atoms with Crippen molar-refractivity contribution in [3.63, 3.8) is 0 Å². The number of halogens is 2. The summed E-state index contributed by atoms with van der Waals surface area (Å²) in [6, 6.07) is 0. The molecule has 1 rings (SSSR count). The number of rotatable bonds is 4. The first kappa shape index (κ1) is 13.8. The SMILES string of the molecule is CC1CCCC(CO)(NS(=O)(=O)C(F)F)C1. The first-order chi connectivity index (χ1) is 7.31. The van der Waals surface area contributed by atoms with Gasteiger partial charge in [0.25, 0.3) is 10.0 Å². The second-order valence-electron chi connectivity index (χ2n) is 4.55. The fourth-order valence-corrected chi connectivity index (χ4v) is 3.22. The standard InChI is InChI=1S/C9H17F2NO3S/c1-7-3-2-4-9(5-7,6-13)12-16(14,15)8(10)11/h7-8,12-13H,2-6H2,1H3. The molecule has 0 heterocycles. The van der Waals surface area contributed by atoms with Crippen LogP contribution in [0.2, 0.25) is 0 Å². The topological polar surface area (TPSA) is 66.4 Å². The molecule has 0 spiro atoms. The zero-order valence-corrected chi connectivity index (χ0v) is 9.93. The summed E-state index contributed by atoms with van der Waals surface area (Å²) >= 11 is 0. The van der Waals surface area contributed by atoms with Gasteiger partial charge in [0, 0.05) is 0 Å². The molecule has 0 aromatic carbocycles. The smallest absolute Gasteiger partial charge is 0.350 e. The van der Waals surface area contributed by atoms with Gasteiger partial charge < -0.3 is 5.11 Å². The number of hydrogen-bond acceptors (Lipinski definition) is 3. The monoisotopic (exact) mass is 257 g/mol. The van der Waals surface area contributed by atoms with Crippen LogP contribution in [0.4, 0.5) is 8.78 Å². The average Bonchev–Trinajstić information content (AvgIpc) is 2.16. The van der Waals surface area contributed by atoms with Gasteiger partial charge in [-0.1, -0.05) is 19.8 Å². The Morgan fingerprint density at radius 2 is 2.19 bits per heavy atom. The molecule has 1 fully saturated rings. The molecule has 2 N–H and O–H groups in total. The van der Waals surface area contributed by atoms with Crippen molar-refractivity contribution in [2.45, 2.75) is 43.9 Å². The van der Waals surface area contributed by atoms with Gasteiger partial charge in [0.15, 0.2) is 0 Å². The second-order valence-corrected chi connectivity index (χ2v) is 6.20. The highest BCUT2D eigenvalue weighted by molar-refractivity contribution is 7.89. The Hall–Kier alpha value is -0.270. The molecular formula is C9H17F2NO3S. The molecule has 0 aliphatic heterocycles. The molecule has 2 unspecified atom stereocenters. The van der Waals surface area contributed by atoms with Crippen LogP contribution in [0.5, 0.6) is 0 Å². The third-order valence-electron chi connectivity index (χ3n) is 2.99. The largest absolute Gasteiger partial charge is 0.394 e. The van der Waals surface area contributed by atoms with E-state index in [0.717, 1.165) is 12.8 Å². The molecule has 16 heavy (non-hydrogen) atoms. The van der Waals surface area contributed by atoms with Crippen LogP contribution < -0.4 is 4.72 Å². The maximum Gasteiger partial charge on any atom is 0.350 e. The summed E-state index contributed by atoms with van der Waals surface area (Å²) in [4.78, 5) is 0. The van der Waals surface area contributed by atoms with Crippen molar-refractivity contribution in [1.29, 1.82) is 0 Å². The molecule has 0 radical (unpaired) electrons. The van der Waals surface area contributed by atoms with E-state index >= 15 is 0 Å². The van der Waals surface area contributed by atoms with Gasteiger partial charge in [-0.05, 0) is 18.8 Å². The van der Waals surface area contributed by atoms with Crippen LogP contribution in [-0.4, -0.2) is 31.4 Å². The Morgan fingerprint density at radius 3 is 2.62 bits per heavy atom. The Bertz CT molecular complexity index is 334. The maximum absolute atomic E-state index is 12.2. The predicted octanol–water partition coefficient (Wildman–Crippen LogP) is 1.07. The Kier molecular flexibility index (Phi) is 4.25. The van der Waals surface area contributed by atoms with Crippen LogP contribution >= 0.6 is 0 Å². The minimum Gasteiger partial charge on any atom is -0.394 e. The number of nitrogens with one attached hydrogen (secondary N) is 1. The van der Waals surface area contributed by atoms with Gasteiger partial charge in [-0.2, -0.15) is 8.78 Å². The summed E-state index contributed by atoms with van der Waals surface area (Å²) in [6.45, 7) is 1.48. The Balaban J connectivity index is 2.82. The van der Waals surface area contributed by atoms with E-state index in [9.17, 15) is 22.3 Å². The van der Waals surface area contributed by atoms with Crippen LogP contribution in [0.3, 0.4) is 0 Å². The van der Waals surface area contributed by atoms with Gasteiger partial charge in [-0.25, -0.2) is 13.1 Å². The lowest BCUT2D eigenvalue weighted by Crippen LogP contribution is -2.55. The highest BCUT2D eigenvalue weighted by Crippen LogP contribution is 2.32. The summed E-state index contributed by atoms with van der Waals surface area (Å²) in [6.07, 6.45) is 2.46. The van der Waals surface area contributed by atoms with Gasteiger partial charge in [0.05, 0.1) is 12.1 Å². The molecule has 4 nitrogen and oxygen atoms in total. The molecule has 96 valence electrons. The Morgan fingerprint density at radius 1 is 1.56 bits per heavy atom. The fourth-order valence-electron chi connectivity index (χ4n) is 2.27. The first-order valence-electron chi connectivity index (χ1n) is 5.23. The average molecular weight is 257 g/mol. The lowest BCUT2D eigenvalue weighted by molar-refractivity contribution is 0.116. The first-order valence-corrected chi connectivity index (χ1v) is 6.78. The van der Waals surface area contributed by atoms with Gasteiger partial charge in [0.1, 0.15) is 0 Å². The van der Waals surface area contributed by atoms with E-state index in [0.29, 0.717) is 12.8 Å². The van der Waals surface area contributed by atoms with E-state index in [2.05, 4.69) is 0 Å². The molecular weight excluding hydrogens is 240 g/mol. The van der Waals surface area contributed by atoms with Crippen molar-refractivity contribution in [2.24, 2.45) is 5.92 Å². The summed E-state index contributed by atoms with van der Waals surface area (Å²) in [7, 11) is -4.64. The molecule has 0 aromatic rings. The van der Waals surface area contributed by atoms with E-state index in [1.807, 2.05) is 11.6 Å². The minimum atomic E-state index is -4.64. The van der Waals surface area contributed by atoms with E-state index in [1.165, 1.54) is 0 Å². The van der Waals surface area contributed by atoms with Gasteiger partial charge in [-0.3, -0.25) is 0 Å². The number of hydrogen-bond donors (Lipinski definition) is 2. The van der Waals surface area contributed by atoms with Crippen molar-refractivity contribution in [3.05, 3.63) is 0 Å². The van der Waals surface area contributed by atoms with E-state index < -0.39 is 27.9 Å². The zero-order chi connectivity index (χ0) is 12.4. The summed E-state index contributed by atoms with van der Waals surface area (Å²) in [5.74, 6) is -3.23. The highest BCUT2D eigenvalue weighted by Gasteiger charge is 2.40. The van der Waals surface area contributed by atoms with Crippen molar-refractivity contribution >= 4 is 10.0 Å². The molecule has 0 saturated heterocycles. The van der Waals surface area contributed by atoms with Crippen molar-refractivity contribution in [2.75, 3.05) is 6.61 Å². The fraction of sp³-hybridized carbons (Fsp3) is 1.00. The van der Waals surface area contributed by atoms with Crippen molar-refractivity contribution in [1.82, 2.24) is 4.72 Å². The van der Waals surface area contributed by atoms with Gasteiger partial charge >= 0.3 is 5.76 Å². The normalized spacial score (nSPS) is 31.9. The third kappa shape index (κ3) is 3.11. The molecule has 0 aromatic heterocycles. The van der Waals surface area contributed by atoms with Crippen LogP contribution in [0, 0.1) is 5.92 Å². The van der Waals surface area contributed by atoms with Gasteiger partial charge in [0.2, 0.25) is 0 Å². The van der Waals surface area contributed by atoms with Crippen LogP contribution in [0.15, 0.2) is 0 Å². The van der Waals surface area contributed by atoms with Gasteiger partial charge in [-0.15, -0.1) is 0 Å². The number of aliphatic hydroxyl groups excluding tert-OH is 1. The highest BCUT2D eigenvalue weighted by atomic mass is 32.2. The molecule has 1 aliphatic rings. The maximum atomic E-state index is 12.2. The van der Waals surface area contributed by atoms with Crippen LogP contribution in [0.1, 0.15) is 32.6 Å². The van der Waals surface area contributed by atoms with E-state index in [4.69, 9.17) is 0 Å². The number of alkyl halides is 2. The molecule has 0 amide bonds. The van der Waals surface area contributed by atoms with Crippen LogP contribution in [-0.2, 0) is 10.0 Å². The summed E-state index contributed by atoms with van der Waals surface area (Å²) in [5, 5.41) is 9.23. The van der Waals surface area contributed by atoms with E-state index in [1.54, 1.807) is 0 Å². The van der Waals surface area contributed by atoms with Crippen LogP contribution in [0.25, 0.3) is 0 Å². The molecule has 7 heteroatoms. The molecule has 0 bridgehead atoms. The molecule has 1 saturated carbocycles. The molecule has 2 atom stereocenters.